The van der Waals surface area contributed by atoms with Gasteiger partial charge in [0.1, 0.15) is 0 Å². The Morgan fingerprint density at radius 1 is 1.04 bits per heavy atom. The Bertz CT molecular complexity index is 928. The van der Waals surface area contributed by atoms with Crippen molar-refractivity contribution in [3.05, 3.63) is 82.8 Å². The lowest BCUT2D eigenvalue weighted by Crippen LogP contribution is -2.37. The molecular formula is C20H20N2O3. The van der Waals surface area contributed by atoms with Crippen molar-refractivity contribution in [1.82, 2.24) is 9.88 Å². The maximum atomic E-state index is 12.2. The van der Waals surface area contributed by atoms with Gasteiger partial charge in [0.15, 0.2) is 0 Å². The van der Waals surface area contributed by atoms with Crippen LogP contribution in [0.3, 0.4) is 0 Å². The highest BCUT2D eigenvalue weighted by molar-refractivity contribution is 5.90. The monoisotopic (exact) mass is 336 g/mol. The summed E-state index contributed by atoms with van der Waals surface area (Å²) in [5.74, 6) is -0.157. The Hall–Kier alpha value is -2.92. The summed E-state index contributed by atoms with van der Waals surface area (Å²) in [6.07, 6.45) is 1.04. The molecule has 3 aromatic rings. The average Bonchev–Trinajstić information content (AvgIpc) is 2.62. The van der Waals surface area contributed by atoms with E-state index in [1.807, 2.05) is 42.5 Å². The number of hydrogen-bond donors (Lipinski definition) is 2. The highest BCUT2D eigenvalue weighted by Crippen LogP contribution is 2.18. The molecule has 2 aromatic carbocycles. The Morgan fingerprint density at radius 2 is 1.80 bits per heavy atom. The summed E-state index contributed by atoms with van der Waals surface area (Å²) in [5.41, 5.74) is 0.771. The number of nitrogens with zero attached hydrogens (tertiary/aromatic N) is 1. The lowest BCUT2D eigenvalue weighted by atomic mass is 10.0. The van der Waals surface area contributed by atoms with E-state index in [0.717, 1.165) is 16.3 Å². The van der Waals surface area contributed by atoms with Crippen molar-refractivity contribution in [2.45, 2.75) is 19.1 Å². The topological polar surface area (TPSA) is 71.3 Å². The Labute approximate surface area is 145 Å². The quantitative estimate of drug-likeness (QED) is 0.720. The van der Waals surface area contributed by atoms with Gasteiger partial charge in [0.25, 0.3) is 5.56 Å². The van der Waals surface area contributed by atoms with Crippen molar-refractivity contribution in [3.8, 4) is 0 Å². The molecule has 1 heterocycles. The highest BCUT2D eigenvalue weighted by atomic mass is 16.3. The van der Waals surface area contributed by atoms with E-state index < -0.39 is 6.10 Å². The molecule has 2 N–H and O–H groups in total. The minimum absolute atomic E-state index is 0.102. The molecule has 1 amide bonds. The van der Waals surface area contributed by atoms with Gasteiger partial charge >= 0.3 is 0 Å². The standard InChI is InChI=1S/C20H20N2O3/c23-17(14-22-11-4-3-10-20(22)25)13-21-19(24)12-16-8-5-7-15-6-1-2-9-18(15)16/h1-11,17,23H,12-14H2,(H,21,24). The zero-order valence-electron chi connectivity index (χ0n) is 13.8. The van der Waals surface area contributed by atoms with Gasteiger partial charge in [-0.15, -0.1) is 0 Å². The van der Waals surface area contributed by atoms with Gasteiger partial charge in [-0.3, -0.25) is 9.59 Å². The predicted octanol–water partition coefficient (Wildman–Crippen LogP) is 1.72. The van der Waals surface area contributed by atoms with Crippen molar-refractivity contribution >= 4 is 16.7 Å². The predicted molar refractivity (Wildman–Crippen MR) is 97.4 cm³/mol. The van der Waals surface area contributed by atoms with Crippen LogP contribution in [0.25, 0.3) is 10.8 Å². The summed E-state index contributed by atoms with van der Waals surface area (Å²) in [4.78, 5) is 23.8. The third-order valence-electron chi connectivity index (χ3n) is 4.07. The molecule has 0 fully saturated rings. The van der Waals surface area contributed by atoms with Gasteiger partial charge in [-0.25, -0.2) is 0 Å². The van der Waals surface area contributed by atoms with Crippen LogP contribution in [0.4, 0.5) is 0 Å². The van der Waals surface area contributed by atoms with Gasteiger partial charge < -0.3 is 15.0 Å². The summed E-state index contributed by atoms with van der Waals surface area (Å²) < 4.78 is 1.42. The van der Waals surface area contributed by atoms with Crippen molar-refractivity contribution in [1.29, 1.82) is 0 Å². The number of amides is 1. The Kier molecular flexibility index (Phi) is 5.26. The number of benzene rings is 2. The fourth-order valence-electron chi connectivity index (χ4n) is 2.82. The minimum atomic E-state index is -0.823. The van der Waals surface area contributed by atoms with Crippen molar-refractivity contribution in [2.75, 3.05) is 6.54 Å². The molecule has 0 radical (unpaired) electrons. The van der Waals surface area contributed by atoms with E-state index in [9.17, 15) is 14.7 Å². The summed E-state index contributed by atoms with van der Waals surface area (Å²) in [5, 5.41) is 14.9. The number of carbonyl (C=O) groups excluding carboxylic acids is 1. The van der Waals surface area contributed by atoms with Gasteiger partial charge in [-0.1, -0.05) is 48.5 Å². The lowest BCUT2D eigenvalue weighted by molar-refractivity contribution is -0.120. The second-order valence-electron chi connectivity index (χ2n) is 5.96. The number of nitrogens with one attached hydrogen (secondary N) is 1. The number of carbonyl (C=O) groups is 1. The van der Waals surface area contributed by atoms with Crippen molar-refractivity contribution in [2.24, 2.45) is 0 Å². The molecule has 0 bridgehead atoms. The van der Waals surface area contributed by atoms with Crippen LogP contribution in [-0.2, 0) is 17.8 Å². The van der Waals surface area contributed by atoms with E-state index in [4.69, 9.17) is 0 Å². The number of aliphatic hydroxyl groups excluding tert-OH is 1. The summed E-state index contributed by atoms with van der Waals surface area (Å²) >= 11 is 0. The van der Waals surface area contributed by atoms with Gasteiger partial charge in [-0.2, -0.15) is 0 Å². The number of pyridine rings is 1. The normalized spacial score (nSPS) is 12.0. The van der Waals surface area contributed by atoms with Crippen LogP contribution in [0, 0.1) is 0 Å². The van der Waals surface area contributed by atoms with Crippen LogP contribution in [0.5, 0.6) is 0 Å². The maximum Gasteiger partial charge on any atom is 0.250 e. The fraction of sp³-hybridized carbons (Fsp3) is 0.200. The largest absolute Gasteiger partial charge is 0.389 e. The van der Waals surface area contributed by atoms with Crippen LogP contribution in [0.15, 0.2) is 71.7 Å². The lowest BCUT2D eigenvalue weighted by Gasteiger charge is -2.14. The Balaban J connectivity index is 1.57. The first kappa shape index (κ1) is 16.9. The first-order valence-electron chi connectivity index (χ1n) is 8.20. The zero-order valence-corrected chi connectivity index (χ0v) is 13.8. The van der Waals surface area contributed by atoms with Crippen LogP contribution >= 0.6 is 0 Å². The minimum Gasteiger partial charge on any atom is -0.389 e. The molecule has 1 aromatic heterocycles. The van der Waals surface area contributed by atoms with Gasteiger partial charge in [0, 0.05) is 18.8 Å². The molecule has 0 spiro atoms. The number of fused-ring (bicyclic) bond motifs is 1. The van der Waals surface area contributed by atoms with Crippen LogP contribution in [-0.4, -0.2) is 28.2 Å². The number of aromatic nitrogens is 1. The molecular weight excluding hydrogens is 316 g/mol. The molecule has 0 aliphatic carbocycles. The molecule has 0 saturated carbocycles. The number of hydrogen-bond acceptors (Lipinski definition) is 3. The third-order valence-corrected chi connectivity index (χ3v) is 4.07. The van der Waals surface area contributed by atoms with Crippen molar-refractivity contribution < 1.29 is 9.90 Å². The van der Waals surface area contributed by atoms with E-state index >= 15 is 0 Å². The van der Waals surface area contributed by atoms with Crippen LogP contribution in [0.1, 0.15) is 5.56 Å². The zero-order chi connectivity index (χ0) is 17.6. The highest BCUT2D eigenvalue weighted by Gasteiger charge is 2.10. The Morgan fingerprint density at radius 3 is 2.64 bits per heavy atom. The number of aliphatic hydroxyl groups is 1. The van der Waals surface area contributed by atoms with Gasteiger partial charge in [0.05, 0.1) is 19.1 Å². The molecule has 0 aliphatic rings. The second-order valence-corrected chi connectivity index (χ2v) is 5.96. The summed E-state index contributed by atoms with van der Waals surface area (Å²) in [6.45, 7) is 0.249. The first-order chi connectivity index (χ1) is 12.1. The van der Waals surface area contributed by atoms with Gasteiger partial charge in [0.2, 0.25) is 5.91 Å². The second kappa shape index (κ2) is 7.77. The maximum absolute atomic E-state index is 12.2. The first-order valence-corrected chi connectivity index (χ1v) is 8.20. The van der Waals surface area contributed by atoms with Crippen molar-refractivity contribution in [3.63, 3.8) is 0 Å². The molecule has 1 unspecified atom stereocenters. The van der Waals surface area contributed by atoms with E-state index in [1.54, 1.807) is 18.3 Å². The SMILES string of the molecule is O=C(Cc1cccc2ccccc12)NCC(O)Cn1ccccc1=O. The molecule has 1 atom stereocenters. The smallest absolute Gasteiger partial charge is 0.250 e. The number of rotatable bonds is 6. The van der Waals surface area contributed by atoms with E-state index in [2.05, 4.69) is 5.32 Å². The fourth-order valence-corrected chi connectivity index (χ4v) is 2.82. The molecule has 128 valence electrons. The summed E-state index contributed by atoms with van der Waals surface area (Å²) in [6, 6.07) is 18.6. The summed E-state index contributed by atoms with van der Waals surface area (Å²) in [7, 11) is 0. The third kappa shape index (κ3) is 4.33. The van der Waals surface area contributed by atoms with Gasteiger partial charge in [-0.05, 0) is 22.4 Å². The average molecular weight is 336 g/mol. The van der Waals surface area contributed by atoms with Crippen LogP contribution < -0.4 is 10.9 Å². The molecule has 25 heavy (non-hydrogen) atoms. The molecule has 0 aliphatic heterocycles. The van der Waals surface area contributed by atoms with E-state index in [-0.39, 0.29) is 31.0 Å². The molecule has 5 heteroatoms. The molecule has 0 saturated heterocycles. The molecule has 3 rings (SSSR count). The van der Waals surface area contributed by atoms with E-state index in [1.165, 1.54) is 10.6 Å². The van der Waals surface area contributed by atoms with Crippen LogP contribution in [0.2, 0.25) is 0 Å². The van der Waals surface area contributed by atoms with E-state index in [0.29, 0.717) is 0 Å². The molecule has 5 nitrogen and oxygen atoms in total.